The molecule has 0 radical (unpaired) electrons. The van der Waals surface area contributed by atoms with E-state index in [-0.39, 0.29) is 16.0 Å². The Morgan fingerprint density at radius 1 is 1.44 bits per heavy atom. The van der Waals surface area contributed by atoms with Gasteiger partial charge in [0.05, 0.1) is 20.6 Å². The zero-order valence-corrected chi connectivity index (χ0v) is 13.1. The number of thiazole rings is 1. The molecule has 2 rings (SSSR count). The van der Waals surface area contributed by atoms with E-state index in [2.05, 4.69) is 27.0 Å². The van der Waals surface area contributed by atoms with Crippen LogP contribution in [0.15, 0.2) is 23.7 Å². The number of rotatable bonds is 3. The van der Waals surface area contributed by atoms with Crippen LogP contribution in [0.2, 0.25) is 0 Å². The van der Waals surface area contributed by atoms with E-state index in [0.29, 0.717) is 0 Å². The quantitative estimate of drug-likeness (QED) is 0.791. The monoisotopic (exact) mass is 325 g/mol. The van der Waals surface area contributed by atoms with Crippen molar-refractivity contribution in [3.8, 4) is 0 Å². The smallest absolute Gasteiger partial charge is 0.152 e. The van der Waals surface area contributed by atoms with Gasteiger partial charge in [-0.1, -0.05) is 42.8 Å². The Labute approximate surface area is 120 Å². The zero-order valence-electron chi connectivity index (χ0n) is 10.7. The number of hydrogen-bond donors (Lipinski definition) is 0. The zero-order chi connectivity index (χ0) is 13.3. The average Bonchev–Trinajstić information content (AvgIpc) is 2.73. The highest BCUT2D eigenvalue weighted by Crippen LogP contribution is 2.25. The van der Waals surface area contributed by atoms with Gasteiger partial charge in [0.2, 0.25) is 0 Å². The highest BCUT2D eigenvalue weighted by Gasteiger charge is 2.27. The Bertz CT molecular complexity index is 570. The van der Waals surface area contributed by atoms with Crippen LogP contribution in [0.3, 0.4) is 0 Å². The first-order chi connectivity index (χ1) is 8.38. The van der Waals surface area contributed by atoms with Crippen molar-refractivity contribution in [2.45, 2.75) is 32.0 Å². The molecular weight excluding hydrogens is 310 g/mol. The normalized spacial score (nSPS) is 13.8. The van der Waals surface area contributed by atoms with Crippen LogP contribution in [0.25, 0.3) is 10.2 Å². The third-order valence-electron chi connectivity index (χ3n) is 2.83. The van der Waals surface area contributed by atoms with Crippen LogP contribution in [0, 0.1) is 5.41 Å². The van der Waals surface area contributed by atoms with Crippen LogP contribution in [0.5, 0.6) is 0 Å². The molecule has 1 aromatic carbocycles. The van der Waals surface area contributed by atoms with E-state index in [1.807, 2.05) is 38.4 Å². The van der Waals surface area contributed by atoms with Crippen LogP contribution in [0.4, 0.5) is 0 Å². The van der Waals surface area contributed by atoms with Crippen molar-refractivity contribution in [3.05, 3.63) is 29.3 Å². The van der Waals surface area contributed by atoms with Gasteiger partial charge in [-0.15, -0.1) is 11.3 Å². The lowest BCUT2D eigenvalue weighted by molar-refractivity contribution is -0.125. The molecule has 0 aliphatic carbocycles. The predicted molar refractivity (Wildman–Crippen MR) is 80.5 cm³/mol. The maximum absolute atomic E-state index is 12.1. The molecule has 1 atom stereocenters. The molecule has 0 fully saturated rings. The number of Topliss-reactive ketones (excluding diaryl/α,β-unsaturated/α-hetero) is 1. The Balaban J connectivity index is 2.15. The summed E-state index contributed by atoms with van der Waals surface area (Å²) < 4.78 is 1.18. The molecule has 1 aromatic heterocycles. The average molecular weight is 326 g/mol. The molecule has 0 amide bonds. The minimum Gasteiger partial charge on any atom is -0.298 e. The molecule has 0 bridgehead atoms. The Kier molecular flexibility index (Phi) is 3.87. The molecule has 1 unspecified atom stereocenters. The second-order valence-electron chi connectivity index (χ2n) is 5.44. The van der Waals surface area contributed by atoms with E-state index >= 15 is 0 Å². The number of nitrogens with zero attached hydrogens (tertiary/aromatic N) is 1. The standard InChI is InChI=1S/C14H16BrNOS/c1-14(2,3)13(17)10(15)6-9-4-5-11-12(7-9)18-8-16-11/h4-5,7-8,10H,6H2,1-3H3. The second kappa shape index (κ2) is 5.10. The fourth-order valence-electron chi connectivity index (χ4n) is 1.80. The molecule has 0 saturated heterocycles. The third-order valence-corrected chi connectivity index (χ3v) is 4.37. The number of benzene rings is 1. The van der Waals surface area contributed by atoms with Crippen LogP contribution in [-0.4, -0.2) is 15.6 Å². The van der Waals surface area contributed by atoms with E-state index in [9.17, 15) is 4.79 Å². The van der Waals surface area contributed by atoms with Crippen molar-refractivity contribution < 1.29 is 4.79 Å². The summed E-state index contributed by atoms with van der Waals surface area (Å²) in [6, 6.07) is 6.19. The minimum absolute atomic E-state index is 0.122. The van der Waals surface area contributed by atoms with Crippen molar-refractivity contribution in [1.82, 2.24) is 4.98 Å². The number of fused-ring (bicyclic) bond motifs is 1. The van der Waals surface area contributed by atoms with Gasteiger partial charge in [0.1, 0.15) is 0 Å². The van der Waals surface area contributed by atoms with Gasteiger partial charge in [-0.25, -0.2) is 4.98 Å². The van der Waals surface area contributed by atoms with Crippen LogP contribution in [-0.2, 0) is 11.2 Å². The van der Waals surface area contributed by atoms with Gasteiger partial charge in [0, 0.05) is 5.41 Å². The fraction of sp³-hybridized carbons (Fsp3) is 0.429. The van der Waals surface area contributed by atoms with E-state index in [0.717, 1.165) is 11.9 Å². The lowest BCUT2D eigenvalue weighted by atomic mass is 9.87. The van der Waals surface area contributed by atoms with Crippen molar-refractivity contribution in [3.63, 3.8) is 0 Å². The molecule has 96 valence electrons. The van der Waals surface area contributed by atoms with Crippen molar-refractivity contribution >= 4 is 43.3 Å². The molecule has 0 saturated carbocycles. The van der Waals surface area contributed by atoms with E-state index < -0.39 is 0 Å². The summed E-state index contributed by atoms with van der Waals surface area (Å²) in [6.07, 6.45) is 0.726. The molecule has 0 aliphatic heterocycles. The van der Waals surface area contributed by atoms with E-state index in [4.69, 9.17) is 0 Å². The minimum atomic E-state index is -0.303. The number of alkyl halides is 1. The number of hydrogen-bond acceptors (Lipinski definition) is 3. The van der Waals surface area contributed by atoms with Crippen molar-refractivity contribution in [1.29, 1.82) is 0 Å². The first kappa shape index (κ1) is 13.7. The van der Waals surface area contributed by atoms with Gasteiger partial charge in [-0.2, -0.15) is 0 Å². The summed E-state index contributed by atoms with van der Waals surface area (Å²) >= 11 is 5.14. The summed E-state index contributed by atoms with van der Waals surface area (Å²) in [5, 5.41) is 0. The summed E-state index contributed by atoms with van der Waals surface area (Å²) in [4.78, 5) is 16.3. The maximum Gasteiger partial charge on any atom is 0.152 e. The van der Waals surface area contributed by atoms with E-state index in [1.54, 1.807) is 11.3 Å². The second-order valence-corrected chi connectivity index (χ2v) is 7.43. The van der Waals surface area contributed by atoms with Gasteiger partial charge in [0.15, 0.2) is 5.78 Å². The highest BCUT2D eigenvalue weighted by atomic mass is 79.9. The van der Waals surface area contributed by atoms with Crippen LogP contribution >= 0.6 is 27.3 Å². The first-order valence-corrected chi connectivity index (χ1v) is 7.68. The summed E-state index contributed by atoms with van der Waals surface area (Å²) in [7, 11) is 0. The maximum atomic E-state index is 12.1. The summed E-state index contributed by atoms with van der Waals surface area (Å²) in [6.45, 7) is 5.86. The molecule has 18 heavy (non-hydrogen) atoms. The van der Waals surface area contributed by atoms with Gasteiger partial charge in [-0.05, 0) is 24.1 Å². The first-order valence-electron chi connectivity index (χ1n) is 5.88. The molecule has 0 aliphatic rings. The number of ketones is 1. The Morgan fingerprint density at radius 3 is 2.83 bits per heavy atom. The lowest BCUT2D eigenvalue weighted by Crippen LogP contribution is -2.29. The molecule has 0 N–H and O–H groups in total. The number of aromatic nitrogens is 1. The van der Waals surface area contributed by atoms with Crippen molar-refractivity contribution in [2.75, 3.05) is 0 Å². The summed E-state index contributed by atoms with van der Waals surface area (Å²) in [5.74, 6) is 0.243. The molecular formula is C14H16BrNOS. The number of carbonyl (C=O) groups excluding carboxylic acids is 1. The van der Waals surface area contributed by atoms with Gasteiger partial charge >= 0.3 is 0 Å². The lowest BCUT2D eigenvalue weighted by Gasteiger charge is -2.20. The topological polar surface area (TPSA) is 30.0 Å². The molecule has 0 spiro atoms. The molecule has 2 nitrogen and oxygen atoms in total. The van der Waals surface area contributed by atoms with E-state index in [1.165, 1.54) is 10.3 Å². The molecule has 4 heteroatoms. The SMILES string of the molecule is CC(C)(C)C(=O)C(Br)Cc1ccc2ncsc2c1. The number of carbonyl (C=O) groups is 1. The summed E-state index contributed by atoms with van der Waals surface area (Å²) in [5.41, 5.74) is 3.74. The largest absolute Gasteiger partial charge is 0.298 e. The fourth-order valence-corrected chi connectivity index (χ4v) is 3.60. The Hall–Kier alpha value is -0.740. The Morgan fingerprint density at radius 2 is 2.17 bits per heavy atom. The molecule has 1 heterocycles. The third kappa shape index (κ3) is 2.98. The van der Waals surface area contributed by atoms with Gasteiger partial charge in [-0.3, -0.25) is 4.79 Å². The van der Waals surface area contributed by atoms with Crippen LogP contribution in [0.1, 0.15) is 26.3 Å². The predicted octanol–water partition coefficient (Wildman–Crippen LogP) is 4.22. The van der Waals surface area contributed by atoms with Crippen LogP contribution < -0.4 is 0 Å². The molecule has 2 aromatic rings. The number of halogens is 1. The highest BCUT2D eigenvalue weighted by molar-refractivity contribution is 9.10. The van der Waals surface area contributed by atoms with Crippen molar-refractivity contribution in [2.24, 2.45) is 5.41 Å². The van der Waals surface area contributed by atoms with Gasteiger partial charge in [0.25, 0.3) is 0 Å². The van der Waals surface area contributed by atoms with Gasteiger partial charge < -0.3 is 0 Å².